The largest absolute Gasteiger partial charge is 2.00 e. The maximum atomic E-state index is 11.5. The fraction of sp³-hybridized carbons (Fsp3) is 0. The van der Waals surface area contributed by atoms with E-state index in [4.69, 9.17) is 46.4 Å². The Balaban J connectivity index is -0.000000628. The third-order valence-corrected chi connectivity index (χ3v) is 5.41. The molecule has 0 aliphatic carbocycles. The zero-order chi connectivity index (χ0) is 26.2. The Kier molecular flexibility index (Phi) is 21.5. The third kappa shape index (κ3) is 13.4. The Bertz CT molecular complexity index is 1250. The number of nitrogens with zero attached hydrogens (tertiary/aromatic N) is 2. The van der Waals surface area contributed by atoms with Crippen LogP contribution in [-0.2, 0) is 53.5 Å². The Hall–Kier alpha value is -2.37. The molecule has 0 atom stereocenters. The van der Waals surface area contributed by atoms with Crippen molar-refractivity contribution in [2.75, 3.05) is 0 Å². The van der Waals surface area contributed by atoms with E-state index in [9.17, 15) is 20.4 Å². The summed E-state index contributed by atoms with van der Waals surface area (Å²) >= 11 is 23.1. The average Bonchev–Trinajstić information content (AvgIpc) is 2.84. The van der Waals surface area contributed by atoms with Crippen LogP contribution in [0.5, 0.6) is 23.0 Å². The van der Waals surface area contributed by atoms with Crippen LogP contribution in [0.25, 0.3) is 0 Å². The number of aliphatic imine (C=N–C) groups is 2. The molecule has 0 bridgehead atoms. The third-order valence-electron chi connectivity index (χ3n) is 4.47. The van der Waals surface area contributed by atoms with Gasteiger partial charge in [0.15, 0.2) is 0 Å². The zero-order valence-electron chi connectivity index (χ0n) is 20.2. The van der Waals surface area contributed by atoms with Crippen molar-refractivity contribution in [1.82, 2.24) is 0 Å². The van der Waals surface area contributed by atoms with Gasteiger partial charge in [0.25, 0.3) is 0 Å². The first kappa shape index (κ1) is 43.1. The van der Waals surface area contributed by atoms with E-state index < -0.39 is 0 Å². The number of benzene rings is 4. The van der Waals surface area contributed by atoms with Gasteiger partial charge in [0, 0.05) is 69.6 Å². The average molecular weight is 710 g/mol. The molecule has 0 unspecified atom stereocenters. The van der Waals surface area contributed by atoms with E-state index in [0.717, 1.165) is 0 Å². The molecular weight excluding hydrogens is 696 g/mol. The Morgan fingerprint density at radius 2 is 0.707 bits per heavy atom. The summed E-state index contributed by atoms with van der Waals surface area (Å²) in [7, 11) is 0. The number of halogens is 4. The molecule has 0 aliphatic heterocycles. The molecular formula is C26H14Cl4N2O7V2-10. The van der Waals surface area contributed by atoms with Crippen LogP contribution in [0.2, 0.25) is 20.1 Å². The van der Waals surface area contributed by atoms with Gasteiger partial charge in [0.1, 0.15) is 0 Å². The number of hydrogen-bond donors (Lipinski definition) is 0. The first-order valence-electron chi connectivity index (χ1n) is 10.1. The van der Waals surface area contributed by atoms with Crippen molar-refractivity contribution in [2.24, 2.45) is 9.98 Å². The maximum absolute atomic E-state index is 11.5. The second-order valence-electron chi connectivity index (χ2n) is 7.10. The number of rotatable bonds is 4. The minimum Gasteiger partial charge on any atom is -2.00 e. The van der Waals surface area contributed by atoms with Crippen LogP contribution in [-0.4, -0.2) is 12.4 Å². The summed E-state index contributed by atoms with van der Waals surface area (Å²) < 4.78 is 0. The van der Waals surface area contributed by atoms with Crippen molar-refractivity contribution in [1.29, 1.82) is 0 Å². The van der Waals surface area contributed by atoms with Gasteiger partial charge in [-0.3, -0.25) is 9.98 Å². The van der Waals surface area contributed by atoms with Crippen LogP contribution in [0, 0.1) is 0 Å². The second-order valence-corrected chi connectivity index (χ2v) is 8.85. The molecule has 0 aromatic heterocycles. The molecule has 0 fully saturated rings. The summed E-state index contributed by atoms with van der Waals surface area (Å²) in [5, 5.41) is 47.6. The molecule has 0 aliphatic rings. The number of hydrogen-bond acceptors (Lipinski definition) is 6. The van der Waals surface area contributed by atoms with Gasteiger partial charge in [0.05, 0.1) is 11.4 Å². The van der Waals surface area contributed by atoms with Crippen LogP contribution in [0.1, 0.15) is 11.1 Å². The van der Waals surface area contributed by atoms with Crippen molar-refractivity contribution in [3.05, 3.63) is 104 Å². The smallest absolute Gasteiger partial charge is 0.0566 e. The molecule has 41 heavy (non-hydrogen) atoms. The van der Waals surface area contributed by atoms with Crippen molar-refractivity contribution >= 4 is 70.2 Å². The van der Waals surface area contributed by atoms with Crippen molar-refractivity contribution in [2.45, 2.75) is 0 Å². The van der Waals surface area contributed by atoms with Gasteiger partial charge in [-0.2, -0.15) is 0 Å². The Labute approximate surface area is 279 Å². The molecule has 15 heteroatoms. The van der Waals surface area contributed by atoms with E-state index in [2.05, 4.69) is 9.98 Å². The monoisotopic (exact) mass is 708 g/mol. The molecule has 4 rings (SSSR count). The van der Waals surface area contributed by atoms with Gasteiger partial charge in [-0.05, 0) is 59.7 Å². The predicted molar refractivity (Wildman–Crippen MR) is 140 cm³/mol. The first-order valence-corrected chi connectivity index (χ1v) is 11.6. The van der Waals surface area contributed by atoms with Gasteiger partial charge < -0.3 is 36.9 Å². The molecule has 0 N–H and O–H groups in total. The van der Waals surface area contributed by atoms with Gasteiger partial charge in [-0.25, -0.2) is 0 Å². The summed E-state index contributed by atoms with van der Waals surface area (Å²) in [5.74, 6) is -0.939. The van der Waals surface area contributed by atoms with Gasteiger partial charge in [-0.15, -0.1) is 0 Å². The van der Waals surface area contributed by atoms with Crippen LogP contribution >= 0.6 is 46.4 Å². The van der Waals surface area contributed by atoms with Crippen LogP contribution in [0.4, 0.5) is 11.4 Å². The van der Waals surface area contributed by atoms with E-state index in [1.807, 2.05) is 0 Å². The van der Waals surface area contributed by atoms with E-state index in [-0.39, 0.29) is 87.9 Å². The molecule has 9 nitrogen and oxygen atoms in total. The Morgan fingerprint density at radius 1 is 0.439 bits per heavy atom. The molecule has 4 aromatic rings. The normalized spacial score (nSPS) is 9.66. The van der Waals surface area contributed by atoms with Gasteiger partial charge >= 0.3 is 0 Å². The standard InChI is InChI=1S/2C13H9Cl2NO2.3O.2V/c2*14-9-1-3-12(17)8(5-9)7-16-11-6-10(15)2-4-13(11)18;;;;;/h2*1-7,17-18H;;;;;/q;;3*-2;;/p-4. The molecule has 0 spiro atoms. The minimum atomic E-state index is -0.259. The van der Waals surface area contributed by atoms with E-state index in [0.29, 0.717) is 31.2 Å². The van der Waals surface area contributed by atoms with E-state index in [1.165, 1.54) is 85.2 Å². The van der Waals surface area contributed by atoms with Crippen molar-refractivity contribution < 1.29 is 74.0 Å². The summed E-state index contributed by atoms with van der Waals surface area (Å²) in [4.78, 5) is 7.92. The van der Waals surface area contributed by atoms with Crippen LogP contribution in [0.15, 0.2) is 82.8 Å². The van der Waals surface area contributed by atoms with Crippen molar-refractivity contribution in [3.63, 3.8) is 0 Å². The summed E-state index contributed by atoms with van der Waals surface area (Å²) in [6.07, 6.45) is 2.61. The zero-order valence-corrected chi connectivity index (χ0v) is 26.1. The minimum absolute atomic E-state index is 0. The maximum Gasteiger partial charge on any atom is 0.0566 e. The fourth-order valence-electron chi connectivity index (χ4n) is 2.70. The van der Waals surface area contributed by atoms with E-state index in [1.54, 1.807) is 0 Å². The molecule has 2 radical (unpaired) electrons. The molecule has 218 valence electrons. The SMILES string of the molecule is [O-2].[O-2].[O-2].[O-]c1ccc(Cl)cc1C=Nc1cc(Cl)ccc1[O-].[O-]c1ccc(Cl)cc1C=Nc1cc(Cl)ccc1[O-].[V].[V]. The summed E-state index contributed by atoms with van der Waals surface area (Å²) in [5.41, 5.74) is 1.01. The van der Waals surface area contributed by atoms with Gasteiger partial charge in [-0.1, -0.05) is 93.7 Å². The second kappa shape index (κ2) is 20.5. The summed E-state index contributed by atoms with van der Waals surface area (Å²) in [6.45, 7) is 0. The first-order chi connectivity index (χ1) is 17.1. The molecule has 0 saturated heterocycles. The van der Waals surface area contributed by atoms with E-state index >= 15 is 0 Å². The molecule has 0 saturated carbocycles. The fourth-order valence-corrected chi connectivity index (χ4v) is 3.40. The molecule has 0 amide bonds. The summed E-state index contributed by atoms with van der Waals surface area (Å²) in [6, 6.07) is 17.2. The Morgan fingerprint density at radius 3 is 1.02 bits per heavy atom. The molecule has 0 heterocycles. The quantitative estimate of drug-likeness (QED) is 0.255. The predicted octanol–water partition coefficient (Wildman–Crippen LogP) is 5.42. The molecule has 4 aromatic carbocycles. The topological polar surface area (TPSA) is 202 Å². The van der Waals surface area contributed by atoms with Crippen LogP contribution < -0.4 is 20.4 Å². The van der Waals surface area contributed by atoms with Gasteiger partial charge in [0.2, 0.25) is 0 Å². The van der Waals surface area contributed by atoms with Crippen molar-refractivity contribution in [3.8, 4) is 23.0 Å². The van der Waals surface area contributed by atoms with Crippen LogP contribution in [0.3, 0.4) is 0 Å².